The summed E-state index contributed by atoms with van der Waals surface area (Å²) in [7, 11) is 1.66. The van der Waals surface area contributed by atoms with Gasteiger partial charge in [0.15, 0.2) is 5.78 Å². The highest BCUT2D eigenvalue weighted by Crippen LogP contribution is 2.27. The molecular formula is C17H26N2O2. The van der Waals surface area contributed by atoms with Gasteiger partial charge >= 0.3 is 0 Å². The molecule has 2 rings (SSSR count). The lowest BCUT2D eigenvalue weighted by molar-refractivity contribution is 0.0601. The summed E-state index contributed by atoms with van der Waals surface area (Å²) in [5.74, 6) is 1.02. The average Bonchev–Trinajstić information content (AvgIpc) is 2.49. The van der Waals surface area contributed by atoms with Crippen molar-refractivity contribution in [2.45, 2.75) is 33.2 Å². The molecule has 116 valence electrons. The maximum atomic E-state index is 13.0. The summed E-state index contributed by atoms with van der Waals surface area (Å²) >= 11 is 0. The van der Waals surface area contributed by atoms with Gasteiger partial charge in [-0.2, -0.15) is 0 Å². The van der Waals surface area contributed by atoms with Gasteiger partial charge in [-0.3, -0.25) is 9.69 Å². The van der Waals surface area contributed by atoms with Crippen molar-refractivity contribution in [2.24, 2.45) is 0 Å². The zero-order valence-corrected chi connectivity index (χ0v) is 13.7. The molecule has 0 radical (unpaired) electrons. The molecule has 0 aliphatic carbocycles. The zero-order valence-electron chi connectivity index (χ0n) is 13.7. The third kappa shape index (κ3) is 3.11. The monoisotopic (exact) mass is 290 g/mol. The van der Waals surface area contributed by atoms with E-state index in [0.29, 0.717) is 0 Å². The van der Waals surface area contributed by atoms with Crippen LogP contribution in [-0.2, 0) is 0 Å². The molecule has 1 aromatic rings. The standard InChI is InChI=1S/C17H26N2O2/c1-12-11-15(21-5)13(2)10-14(12)16(20)17(3,4)19-8-6-18-7-9-19/h10-11,18H,6-9H2,1-5H3. The first kappa shape index (κ1) is 16.0. The average molecular weight is 290 g/mol. The molecule has 1 aliphatic heterocycles. The summed E-state index contributed by atoms with van der Waals surface area (Å²) in [6, 6.07) is 3.91. The van der Waals surface area contributed by atoms with E-state index in [1.54, 1.807) is 7.11 Å². The third-order valence-corrected chi connectivity index (χ3v) is 4.45. The fraction of sp³-hybridized carbons (Fsp3) is 0.588. The molecule has 0 spiro atoms. The van der Waals surface area contributed by atoms with Crippen LogP contribution in [0.1, 0.15) is 35.3 Å². The van der Waals surface area contributed by atoms with Crippen LogP contribution in [0.5, 0.6) is 5.75 Å². The second-order valence-electron chi connectivity index (χ2n) is 6.26. The summed E-state index contributed by atoms with van der Waals surface area (Å²) in [5, 5.41) is 3.33. The van der Waals surface area contributed by atoms with Gasteiger partial charge in [0.05, 0.1) is 12.6 Å². The molecule has 1 fully saturated rings. The molecule has 1 N–H and O–H groups in total. The van der Waals surface area contributed by atoms with E-state index < -0.39 is 5.54 Å². The number of rotatable bonds is 4. The Kier molecular flexibility index (Phi) is 4.69. The number of piperazine rings is 1. The summed E-state index contributed by atoms with van der Waals surface area (Å²) < 4.78 is 5.33. The van der Waals surface area contributed by atoms with Gasteiger partial charge in [-0.15, -0.1) is 0 Å². The molecule has 0 bridgehead atoms. The smallest absolute Gasteiger partial charge is 0.182 e. The van der Waals surface area contributed by atoms with Crippen LogP contribution in [0.15, 0.2) is 12.1 Å². The summed E-state index contributed by atoms with van der Waals surface area (Å²) in [6.45, 7) is 11.7. The van der Waals surface area contributed by atoms with Gasteiger partial charge in [0.2, 0.25) is 0 Å². The molecule has 1 heterocycles. The number of benzene rings is 1. The summed E-state index contributed by atoms with van der Waals surface area (Å²) in [5.41, 5.74) is 2.30. The number of hydrogen-bond donors (Lipinski definition) is 1. The number of carbonyl (C=O) groups excluding carboxylic acids is 1. The van der Waals surface area contributed by atoms with E-state index in [-0.39, 0.29) is 5.78 Å². The van der Waals surface area contributed by atoms with E-state index in [1.807, 2.05) is 39.8 Å². The van der Waals surface area contributed by atoms with Crippen LogP contribution in [-0.4, -0.2) is 49.5 Å². The normalized spacial score (nSPS) is 16.8. The molecule has 0 aromatic heterocycles. The van der Waals surface area contributed by atoms with Crippen LogP contribution in [0.4, 0.5) is 0 Å². The number of hydrogen-bond acceptors (Lipinski definition) is 4. The second-order valence-corrected chi connectivity index (χ2v) is 6.26. The van der Waals surface area contributed by atoms with Crippen molar-refractivity contribution < 1.29 is 9.53 Å². The number of nitrogens with one attached hydrogen (secondary N) is 1. The molecule has 1 saturated heterocycles. The van der Waals surface area contributed by atoms with Crippen LogP contribution in [0.3, 0.4) is 0 Å². The number of ketones is 1. The number of carbonyl (C=O) groups is 1. The Morgan fingerprint density at radius 3 is 2.38 bits per heavy atom. The van der Waals surface area contributed by atoms with Crippen molar-refractivity contribution in [3.63, 3.8) is 0 Å². The van der Waals surface area contributed by atoms with Crippen LogP contribution in [0.2, 0.25) is 0 Å². The Hall–Kier alpha value is -1.39. The molecule has 0 amide bonds. The highest BCUT2D eigenvalue weighted by molar-refractivity contribution is 6.04. The van der Waals surface area contributed by atoms with Crippen LogP contribution < -0.4 is 10.1 Å². The Balaban J connectivity index is 2.32. The maximum Gasteiger partial charge on any atom is 0.182 e. The van der Waals surface area contributed by atoms with Gasteiger partial charge in [0.1, 0.15) is 5.75 Å². The lowest BCUT2D eigenvalue weighted by atomic mass is 9.87. The molecule has 1 aromatic carbocycles. The van der Waals surface area contributed by atoms with E-state index in [0.717, 1.165) is 48.6 Å². The number of methoxy groups -OCH3 is 1. The van der Waals surface area contributed by atoms with E-state index in [9.17, 15) is 4.79 Å². The molecule has 21 heavy (non-hydrogen) atoms. The highest BCUT2D eigenvalue weighted by Gasteiger charge is 2.36. The fourth-order valence-electron chi connectivity index (χ4n) is 2.95. The molecule has 4 heteroatoms. The predicted molar refractivity (Wildman–Crippen MR) is 85.3 cm³/mol. The molecule has 4 nitrogen and oxygen atoms in total. The first-order valence-corrected chi connectivity index (χ1v) is 7.53. The van der Waals surface area contributed by atoms with Crippen molar-refractivity contribution in [3.8, 4) is 5.75 Å². The van der Waals surface area contributed by atoms with Gasteiger partial charge < -0.3 is 10.1 Å². The van der Waals surface area contributed by atoms with Crippen molar-refractivity contribution in [1.82, 2.24) is 10.2 Å². The molecule has 1 aliphatic rings. The van der Waals surface area contributed by atoms with Crippen LogP contribution >= 0.6 is 0 Å². The van der Waals surface area contributed by atoms with Gasteiger partial charge in [0, 0.05) is 31.7 Å². The van der Waals surface area contributed by atoms with Crippen molar-refractivity contribution in [2.75, 3.05) is 33.3 Å². The minimum atomic E-state index is -0.478. The Labute approximate surface area is 127 Å². The number of Topliss-reactive ketones (excluding diaryl/α,β-unsaturated/α-hetero) is 1. The number of ether oxygens (including phenoxy) is 1. The van der Waals surface area contributed by atoms with E-state index in [2.05, 4.69) is 10.2 Å². The first-order valence-electron chi connectivity index (χ1n) is 7.53. The van der Waals surface area contributed by atoms with Crippen molar-refractivity contribution in [1.29, 1.82) is 0 Å². The Bertz CT molecular complexity index is 532. The van der Waals surface area contributed by atoms with E-state index >= 15 is 0 Å². The SMILES string of the molecule is COc1cc(C)c(C(=O)C(C)(C)N2CCNCC2)cc1C. The lowest BCUT2D eigenvalue weighted by Gasteiger charge is -2.40. The van der Waals surface area contributed by atoms with Crippen molar-refractivity contribution >= 4 is 5.78 Å². The van der Waals surface area contributed by atoms with Gasteiger partial charge in [-0.25, -0.2) is 0 Å². The van der Waals surface area contributed by atoms with Crippen LogP contribution in [0, 0.1) is 13.8 Å². The molecule has 0 saturated carbocycles. The fourth-order valence-corrected chi connectivity index (χ4v) is 2.95. The molecule has 0 atom stereocenters. The molecule has 0 unspecified atom stereocenters. The zero-order chi connectivity index (χ0) is 15.6. The quantitative estimate of drug-likeness (QED) is 0.863. The predicted octanol–water partition coefficient (Wildman–Crippen LogP) is 2.18. The maximum absolute atomic E-state index is 13.0. The second kappa shape index (κ2) is 6.16. The number of nitrogens with zero attached hydrogens (tertiary/aromatic N) is 1. The first-order chi connectivity index (χ1) is 9.87. The van der Waals surface area contributed by atoms with Gasteiger partial charge in [-0.1, -0.05) is 0 Å². The highest BCUT2D eigenvalue weighted by atomic mass is 16.5. The Morgan fingerprint density at radius 1 is 1.19 bits per heavy atom. The topological polar surface area (TPSA) is 41.6 Å². The van der Waals surface area contributed by atoms with E-state index in [1.165, 1.54) is 0 Å². The van der Waals surface area contributed by atoms with E-state index in [4.69, 9.17) is 4.74 Å². The molecular weight excluding hydrogens is 264 g/mol. The summed E-state index contributed by atoms with van der Waals surface area (Å²) in [6.07, 6.45) is 0. The van der Waals surface area contributed by atoms with Crippen molar-refractivity contribution in [3.05, 3.63) is 28.8 Å². The third-order valence-electron chi connectivity index (χ3n) is 4.45. The minimum absolute atomic E-state index is 0.188. The number of aryl methyl sites for hydroxylation is 2. The lowest BCUT2D eigenvalue weighted by Crippen LogP contribution is -2.57. The van der Waals surface area contributed by atoms with Gasteiger partial charge in [0.25, 0.3) is 0 Å². The summed E-state index contributed by atoms with van der Waals surface area (Å²) in [4.78, 5) is 15.3. The van der Waals surface area contributed by atoms with Crippen LogP contribution in [0.25, 0.3) is 0 Å². The largest absolute Gasteiger partial charge is 0.496 e. The minimum Gasteiger partial charge on any atom is -0.496 e. The Morgan fingerprint density at radius 2 is 1.81 bits per heavy atom. The van der Waals surface area contributed by atoms with Gasteiger partial charge in [-0.05, 0) is 51.0 Å².